The second kappa shape index (κ2) is 11.3. The lowest BCUT2D eigenvalue weighted by Crippen LogP contribution is -2.45. The number of aliphatic carboxylic acids is 1. The molecular weight excluding hydrogens is 486 g/mol. The molecule has 9 heteroatoms. The number of nitrogens with zero attached hydrogens (tertiary/aromatic N) is 1. The van der Waals surface area contributed by atoms with Crippen LogP contribution in [-0.2, 0) is 19.2 Å². The van der Waals surface area contributed by atoms with Crippen LogP contribution in [0, 0.1) is 13.8 Å². The number of hydrogen-bond donors (Lipinski definition) is 3. The van der Waals surface area contributed by atoms with Crippen molar-refractivity contribution in [3.63, 3.8) is 0 Å². The van der Waals surface area contributed by atoms with Crippen molar-refractivity contribution in [3.05, 3.63) is 45.8 Å². The summed E-state index contributed by atoms with van der Waals surface area (Å²) in [7, 11) is 0. The monoisotopic (exact) mass is 523 g/mol. The molecule has 1 aliphatic rings. The number of ether oxygens (including phenoxy) is 1. The van der Waals surface area contributed by atoms with Crippen LogP contribution in [0.3, 0.4) is 0 Å². The van der Waals surface area contributed by atoms with Crippen LogP contribution in [0.4, 0.5) is 11.4 Å². The number of hydrazine groups is 1. The molecule has 0 fully saturated rings. The van der Waals surface area contributed by atoms with E-state index in [0.29, 0.717) is 50.7 Å². The van der Waals surface area contributed by atoms with E-state index in [1.54, 1.807) is 23.4 Å². The third-order valence-corrected chi connectivity index (χ3v) is 6.16. The molecule has 0 radical (unpaired) electrons. The van der Waals surface area contributed by atoms with Gasteiger partial charge in [-0.15, -0.1) is 0 Å². The lowest BCUT2D eigenvalue weighted by atomic mass is 10.0. The van der Waals surface area contributed by atoms with Crippen molar-refractivity contribution in [2.45, 2.75) is 85.3 Å². The molecule has 0 amide bonds. The highest BCUT2D eigenvalue weighted by Crippen LogP contribution is 2.32. The predicted molar refractivity (Wildman–Crippen MR) is 146 cm³/mol. The minimum absolute atomic E-state index is 0.293. The zero-order valence-corrected chi connectivity index (χ0v) is 23.2. The van der Waals surface area contributed by atoms with E-state index in [1.165, 1.54) is 6.92 Å². The first kappa shape index (κ1) is 28.8. The number of aryl methyl sites for hydroxylation is 2. The van der Waals surface area contributed by atoms with E-state index in [9.17, 15) is 19.5 Å². The highest BCUT2D eigenvalue weighted by molar-refractivity contribution is 6.00. The topological polar surface area (TPSA) is 117 Å². The Balaban J connectivity index is 2.05. The second-order valence-electron chi connectivity index (χ2n) is 10.8. The Morgan fingerprint density at radius 3 is 2.34 bits per heavy atom. The van der Waals surface area contributed by atoms with Crippen LogP contribution in [0.25, 0.3) is 5.70 Å². The van der Waals surface area contributed by atoms with Gasteiger partial charge in [-0.05, 0) is 89.8 Å². The Kier molecular flexibility index (Phi) is 8.54. The Bertz CT molecular complexity index is 1350. The van der Waals surface area contributed by atoms with Gasteiger partial charge in [-0.2, -0.15) is 5.17 Å². The molecule has 3 N–H and O–H groups in total. The Morgan fingerprint density at radius 1 is 1.16 bits per heavy atom. The van der Waals surface area contributed by atoms with Gasteiger partial charge >= 0.3 is 5.97 Å². The summed E-state index contributed by atoms with van der Waals surface area (Å²) in [4.78, 5) is 41.3. The lowest BCUT2D eigenvalue weighted by molar-refractivity contribution is -0.143. The average molecular weight is 524 g/mol. The number of carbonyl (C=O) groups is 2. The summed E-state index contributed by atoms with van der Waals surface area (Å²) in [6, 6.07) is 6.97. The summed E-state index contributed by atoms with van der Waals surface area (Å²) in [6.45, 7) is 12.9. The van der Waals surface area contributed by atoms with Gasteiger partial charge in [-0.25, -0.2) is 14.4 Å². The van der Waals surface area contributed by atoms with Gasteiger partial charge in [0.25, 0.3) is 0 Å². The summed E-state index contributed by atoms with van der Waals surface area (Å²) < 4.78 is 6.28. The molecule has 0 saturated heterocycles. The highest BCUT2D eigenvalue weighted by Gasteiger charge is 2.33. The van der Waals surface area contributed by atoms with Crippen molar-refractivity contribution in [2.24, 2.45) is 0 Å². The fraction of sp³-hybridized carbons (Fsp3) is 0.448. The molecule has 1 atom stereocenters. The van der Waals surface area contributed by atoms with Gasteiger partial charge in [-0.3, -0.25) is 5.43 Å². The number of fused-ring (bicyclic) bond motifs is 1. The van der Waals surface area contributed by atoms with Crippen LogP contribution in [0.5, 0.6) is 11.5 Å². The fourth-order valence-electron chi connectivity index (χ4n) is 4.28. The number of anilines is 2. The smallest absolute Gasteiger partial charge is 0.336 e. The van der Waals surface area contributed by atoms with E-state index in [4.69, 9.17) is 9.57 Å². The number of nitrogens with one attached hydrogen (secondary N) is 2. The molecule has 1 unspecified atom stereocenters. The maximum absolute atomic E-state index is 12.3. The lowest BCUT2D eigenvalue weighted by Gasteiger charge is -2.29. The normalized spacial score (nSPS) is 14.3. The number of carboxylic acid groups (broad SMARTS) is 1. The van der Waals surface area contributed by atoms with Crippen molar-refractivity contribution in [1.29, 1.82) is 0 Å². The Morgan fingerprint density at radius 2 is 1.82 bits per heavy atom. The van der Waals surface area contributed by atoms with Crippen LogP contribution >= 0.6 is 0 Å². The predicted octanol–water partition coefficient (Wildman–Crippen LogP) is 3.80. The van der Waals surface area contributed by atoms with Gasteiger partial charge in [0, 0.05) is 16.6 Å². The van der Waals surface area contributed by atoms with E-state index in [2.05, 4.69) is 23.6 Å². The zero-order chi connectivity index (χ0) is 28.3. The molecule has 0 bridgehead atoms. The number of unbranched alkanes of at least 4 members (excludes halogenated alkanes) is 2. The van der Waals surface area contributed by atoms with Crippen molar-refractivity contribution in [3.8, 4) is 11.5 Å². The number of benzene rings is 2. The zero-order valence-electron chi connectivity index (χ0n) is 23.2. The minimum Gasteiger partial charge on any atom is -0.479 e. The van der Waals surface area contributed by atoms with Crippen molar-refractivity contribution >= 4 is 35.3 Å². The second-order valence-corrected chi connectivity index (χ2v) is 10.8. The van der Waals surface area contributed by atoms with E-state index in [0.717, 1.165) is 31.4 Å². The molecule has 3 rings (SSSR count). The SMILES string of the molecule is CCCCCC1=c2c(ccc(Oc3c(C)cc(NC(C)(C=O)C(=O)O)cc3C)c2=C=O)N(OC(C)(C)C)N1. The molecule has 0 aliphatic carbocycles. The van der Waals surface area contributed by atoms with Crippen molar-refractivity contribution in [1.82, 2.24) is 5.43 Å². The number of carbonyl (C=O) groups excluding carboxylic acids is 2. The summed E-state index contributed by atoms with van der Waals surface area (Å²) in [5.74, 6) is 1.68. The van der Waals surface area contributed by atoms with Gasteiger partial charge < -0.3 is 20.0 Å². The van der Waals surface area contributed by atoms with Gasteiger partial charge in [0.05, 0.1) is 11.3 Å². The molecule has 9 nitrogen and oxygen atoms in total. The number of carboxylic acids is 1. The summed E-state index contributed by atoms with van der Waals surface area (Å²) in [5, 5.41) is 14.8. The molecule has 38 heavy (non-hydrogen) atoms. The summed E-state index contributed by atoms with van der Waals surface area (Å²) in [5.41, 5.74) is 4.53. The standard InChI is InChI=1S/C29H37N3O6/c1-8-9-10-11-22-25-21(16-33)24(13-12-23(25)32(31-22)38-28(4,5)6)37-26-18(2)14-20(15-19(26)3)30-29(7,17-34)27(35)36/h12-15,17,30-31H,8-11H2,1-7H3,(H,35,36). The molecule has 0 spiro atoms. The third kappa shape index (κ3) is 6.18. The Hall–Kier alpha value is -3.81. The summed E-state index contributed by atoms with van der Waals surface area (Å²) >= 11 is 0. The maximum atomic E-state index is 12.3. The van der Waals surface area contributed by atoms with Crippen LogP contribution in [0.15, 0.2) is 24.3 Å². The molecule has 0 saturated carbocycles. The number of rotatable bonds is 11. The van der Waals surface area contributed by atoms with Gasteiger partial charge in [0.15, 0.2) is 11.8 Å². The van der Waals surface area contributed by atoms with Crippen molar-refractivity contribution in [2.75, 3.05) is 10.5 Å². The van der Waals surface area contributed by atoms with E-state index >= 15 is 0 Å². The van der Waals surface area contributed by atoms with Crippen LogP contribution < -0.4 is 31.1 Å². The van der Waals surface area contributed by atoms with Crippen LogP contribution in [0.2, 0.25) is 0 Å². The molecule has 0 aromatic heterocycles. The summed E-state index contributed by atoms with van der Waals surface area (Å²) in [6.07, 6.45) is 4.17. The molecule has 2 aromatic carbocycles. The highest BCUT2D eigenvalue weighted by atomic mass is 16.7. The molecular formula is C29H37N3O6. The first-order valence-corrected chi connectivity index (χ1v) is 12.8. The van der Waals surface area contributed by atoms with Gasteiger partial charge in [0.1, 0.15) is 22.7 Å². The van der Waals surface area contributed by atoms with Gasteiger partial charge in [0.2, 0.25) is 0 Å². The van der Waals surface area contributed by atoms with Gasteiger partial charge in [-0.1, -0.05) is 19.8 Å². The Labute approximate surface area is 223 Å². The van der Waals surface area contributed by atoms with E-state index in [-0.39, 0.29) is 0 Å². The molecule has 1 aliphatic heterocycles. The van der Waals surface area contributed by atoms with E-state index in [1.807, 2.05) is 40.7 Å². The average Bonchev–Trinajstić information content (AvgIpc) is 3.16. The third-order valence-electron chi connectivity index (χ3n) is 6.16. The fourth-order valence-corrected chi connectivity index (χ4v) is 4.28. The first-order chi connectivity index (χ1) is 17.8. The number of aldehydes is 1. The van der Waals surface area contributed by atoms with Crippen LogP contribution in [0.1, 0.15) is 71.4 Å². The molecule has 2 aromatic rings. The number of hydrogen-bond acceptors (Lipinski definition) is 8. The first-order valence-electron chi connectivity index (χ1n) is 12.8. The maximum Gasteiger partial charge on any atom is 0.336 e. The molecule has 204 valence electrons. The molecule has 1 heterocycles. The quantitative estimate of drug-likeness (QED) is 0.230. The van der Waals surface area contributed by atoms with Crippen molar-refractivity contribution < 1.29 is 29.1 Å². The van der Waals surface area contributed by atoms with Crippen LogP contribution in [-0.4, -0.2) is 34.4 Å². The largest absolute Gasteiger partial charge is 0.479 e. The van der Waals surface area contributed by atoms with E-state index < -0.39 is 17.1 Å². The minimum atomic E-state index is -1.76.